The van der Waals surface area contributed by atoms with Crippen LogP contribution in [-0.4, -0.2) is 34.5 Å². The molecule has 0 saturated heterocycles. The molecule has 0 unspecified atom stereocenters. The van der Waals surface area contributed by atoms with Crippen LogP contribution in [0.4, 0.5) is 5.69 Å². The Balaban J connectivity index is 1.37. The minimum absolute atomic E-state index is 0.0756. The first-order valence-electron chi connectivity index (χ1n) is 11.3. The number of hydrogen-bond donors (Lipinski definition) is 1. The Morgan fingerprint density at radius 1 is 1.03 bits per heavy atom. The maximum Gasteiger partial charge on any atom is 0.309 e. The van der Waals surface area contributed by atoms with Crippen LogP contribution in [0.1, 0.15) is 11.1 Å². The fourth-order valence-corrected chi connectivity index (χ4v) is 5.57. The summed E-state index contributed by atoms with van der Waals surface area (Å²) in [4.78, 5) is 25.1. The molecule has 0 radical (unpaired) electrons. The molecular weight excluding hydrogens is 585 g/mol. The van der Waals surface area contributed by atoms with E-state index in [1.165, 1.54) is 24.4 Å². The van der Waals surface area contributed by atoms with E-state index in [1.54, 1.807) is 0 Å². The number of ether oxygens (including phenoxy) is 1. The molecule has 0 fully saturated rings. The lowest BCUT2D eigenvalue weighted by Crippen LogP contribution is -2.13. The fraction of sp³-hybridized carbons (Fsp3) is 0.179. The number of hydrogen-bond acceptors (Lipinski definition) is 5. The third-order valence-corrected chi connectivity index (χ3v) is 7.58. The van der Waals surface area contributed by atoms with Crippen LogP contribution in [0.3, 0.4) is 0 Å². The summed E-state index contributed by atoms with van der Waals surface area (Å²) in [5.41, 5.74) is 7.04. The average molecular weight is 612 g/mol. The highest BCUT2D eigenvalue weighted by molar-refractivity contribution is 14.1. The van der Waals surface area contributed by atoms with E-state index < -0.39 is 0 Å². The standard InChI is InChI=1S/C28H26IN3O3S/c1-18-4-13-23(24(29)14-18)28-25(16-30-32(28)2)36-17-26(33)31-22-11-9-21(10-12-22)20-7-5-19(6-8-20)15-27(34)35-3/h4-14,16H,15,17H2,1-3H3,(H,31,33). The lowest BCUT2D eigenvalue weighted by atomic mass is 10.0. The Morgan fingerprint density at radius 2 is 1.69 bits per heavy atom. The monoisotopic (exact) mass is 611 g/mol. The molecule has 0 atom stereocenters. The molecule has 4 rings (SSSR count). The van der Waals surface area contributed by atoms with Crippen LogP contribution < -0.4 is 5.32 Å². The topological polar surface area (TPSA) is 73.2 Å². The molecule has 1 aromatic heterocycles. The number of carbonyl (C=O) groups is 2. The van der Waals surface area contributed by atoms with Crippen molar-refractivity contribution in [1.29, 1.82) is 0 Å². The van der Waals surface area contributed by atoms with E-state index in [4.69, 9.17) is 4.74 Å². The molecule has 1 N–H and O–H groups in total. The number of benzene rings is 3. The molecule has 0 bridgehead atoms. The van der Waals surface area contributed by atoms with E-state index >= 15 is 0 Å². The van der Waals surface area contributed by atoms with Gasteiger partial charge in [-0.05, 0) is 64.4 Å². The molecule has 1 amide bonds. The second-order valence-electron chi connectivity index (χ2n) is 8.33. The quantitative estimate of drug-likeness (QED) is 0.148. The highest BCUT2D eigenvalue weighted by atomic mass is 127. The van der Waals surface area contributed by atoms with Gasteiger partial charge in [-0.25, -0.2) is 0 Å². The summed E-state index contributed by atoms with van der Waals surface area (Å²) in [5.74, 6) is -0.0520. The number of nitrogens with zero attached hydrogens (tertiary/aromatic N) is 2. The van der Waals surface area contributed by atoms with Crippen molar-refractivity contribution in [2.75, 3.05) is 18.2 Å². The molecule has 36 heavy (non-hydrogen) atoms. The summed E-state index contributed by atoms with van der Waals surface area (Å²) in [5, 5.41) is 7.39. The summed E-state index contributed by atoms with van der Waals surface area (Å²) < 4.78 is 7.72. The largest absolute Gasteiger partial charge is 0.469 e. The number of nitrogens with one attached hydrogen (secondary N) is 1. The molecular formula is C28H26IN3O3S. The van der Waals surface area contributed by atoms with Crippen molar-refractivity contribution in [2.45, 2.75) is 18.2 Å². The zero-order valence-corrected chi connectivity index (χ0v) is 23.2. The number of halogens is 1. The second kappa shape index (κ2) is 11.7. The normalized spacial score (nSPS) is 10.8. The SMILES string of the molecule is COC(=O)Cc1ccc(-c2ccc(NC(=O)CSc3cnn(C)c3-c3ccc(C)cc3I)cc2)cc1. The Bertz CT molecular complexity index is 1380. The lowest BCUT2D eigenvalue weighted by molar-refractivity contribution is -0.139. The van der Waals surface area contributed by atoms with Crippen LogP contribution in [0.15, 0.2) is 77.8 Å². The average Bonchev–Trinajstić information content (AvgIpc) is 3.23. The molecule has 184 valence electrons. The van der Waals surface area contributed by atoms with Gasteiger partial charge in [0.1, 0.15) is 0 Å². The van der Waals surface area contributed by atoms with Crippen molar-refractivity contribution in [3.63, 3.8) is 0 Å². The van der Waals surface area contributed by atoms with Crippen molar-refractivity contribution < 1.29 is 14.3 Å². The summed E-state index contributed by atoms with van der Waals surface area (Å²) in [6.07, 6.45) is 2.07. The Hall–Kier alpha value is -3.11. The summed E-state index contributed by atoms with van der Waals surface area (Å²) in [7, 11) is 3.31. The number of methoxy groups -OCH3 is 1. The molecule has 1 heterocycles. The predicted octanol–water partition coefficient (Wildman–Crippen LogP) is 6.11. The zero-order chi connectivity index (χ0) is 25.7. The van der Waals surface area contributed by atoms with Gasteiger partial charge >= 0.3 is 5.97 Å². The first kappa shape index (κ1) is 26.0. The van der Waals surface area contributed by atoms with Gasteiger partial charge in [-0.3, -0.25) is 14.3 Å². The summed E-state index contributed by atoms with van der Waals surface area (Å²) >= 11 is 3.82. The first-order valence-corrected chi connectivity index (χ1v) is 13.4. The highest BCUT2D eigenvalue weighted by Crippen LogP contribution is 2.34. The molecule has 3 aromatic carbocycles. The van der Waals surface area contributed by atoms with E-state index in [0.29, 0.717) is 0 Å². The zero-order valence-electron chi connectivity index (χ0n) is 20.2. The molecule has 0 aliphatic carbocycles. The molecule has 6 nitrogen and oxygen atoms in total. The second-order valence-corrected chi connectivity index (χ2v) is 10.5. The Kier molecular flexibility index (Phi) is 8.48. The molecule has 0 spiro atoms. The van der Waals surface area contributed by atoms with Gasteiger partial charge in [-0.1, -0.05) is 54.1 Å². The third kappa shape index (κ3) is 6.36. The number of aromatic nitrogens is 2. The lowest BCUT2D eigenvalue weighted by Gasteiger charge is -2.10. The fourth-order valence-electron chi connectivity index (χ4n) is 3.78. The van der Waals surface area contributed by atoms with E-state index in [0.717, 1.165) is 42.1 Å². The van der Waals surface area contributed by atoms with Gasteiger partial charge in [0.2, 0.25) is 5.91 Å². The van der Waals surface area contributed by atoms with Crippen molar-refractivity contribution in [1.82, 2.24) is 9.78 Å². The summed E-state index contributed by atoms with van der Waals surface area (Å²) in [6.45, 7) is 2.07. The summed E-state index contributed by atoms with van der Waals surface area (Å²) in [6, 6.07) is 21.9. The van der Waals surface area contributed by atoms with Gasteiger partial charge < -0.3 is 10.1 Å². The highest BCUT2D eigenvalue weighted by Gasteiger charge is 2.16. The first-order chi connectivity index (χ1) is 17.3. The minimum Gasteiger partial charge on any atom is -0.469 e. The maximum absolute atomic E-state index is 12.7. The number of anilines is 1. The van der Waals surface area contributed by atoms with Gasteiger partial charge in [0.25, 0.3) is 0 Å². The van der Waals surface area contributed by atoms with Crippen molar-refractivity contribution >= 4 is 51.9 Å². The van der Waals surface area contributed by atoms with Gasteiger partial charge in [0.15, 0.2) is 0 Å². The van der Waals surface area contributed by atoms with E-state index in [9.17, 15) is 9.59 Å². The maximum atomic E-state index is 12.7. The number of rotatable bonds is 8. The molecule has 0 aliphatic heterocycles. The van der Waals surface area contributed by atoms with Crippen LogP contribution in [-0.2, 0) is 27.8 Å². The Labute approximate surface area is 228 Å². The van der Waals surface area contributed by atoms with Crippen LogP contribution in [0.2, 0.25) is 0 Å². The number of aryl methyl sites for hydroxylation is 2. The van der Waals surface area contributed by atoms with Crippen LogP contribution in [0.5, 0.6) is 0 Å². The van der Waals surface area contributed by atoms with Gasteiger partial charge in [-0.15, -0.1) is 11.8 Å². The molecule has 0 aliphatic rings. The molecule has 0 saturated carbocycles. The minimum atomic E-state index is -0.259. The van der Waals surface area contributed by atoms with Crippen molar-refractivity contribution in [3.05, 3.63) is 87.6 Å². The van der Waals surface area contributed by atoms with Gasteiger partial charge in [-0.2, -0.15) is 5.10 Å². The third-order valence-electron chi connectivity index (χ3n) is 5.68. The number of esters is 1. The van der Waals surface area contributed by atoms with Gasteiger partial charge in [0, 0.05) is 21.9 Å². The smallest absolute Gasteiger partial charge is 0.309 e. The van der Waals surface area contributed by atoms with E-state index in [2.05, 4.69) is 58.1 Å². The van der Waals surface area contributed by atoms with Crippen molar-refractivity contribution in [2.24, 2.45) is 7.05 Å². The van der Waals surface area contributed by atoms with Crippen LogP contribution in [0, 0.1) is 10.5 Å². The van der Waals surface area contributed by atoms with Crippen molar-refractivity contribution in [3.8, 4) is 22.4 Å². The molecule has 8 heteroatoms. The number of thioether (sulfide) groups is 1. The predicted molar refractivity (Wildman–Crippen MR) is 153 cm³/mol. The van der Waals surface area contributed by atoms with Crippen LogP contribution in [0.25, 0.3) is 22.4 Å². The number of amides is 1. The van der Waals surface area contributed by atoms with E-state index in [1.807, 2.05) is 66.5 Å². The molecule has 4 aromatic rings. The number of carbonyl (C=O) groups excluding carboxylic acids is 2. The Morgan fingerprint density at radius 3 is 2.33 bits per heavy atom. The van der Waals surface area contributed by atoms with Crippen LogP contribution >= 0.6 is 34.4 Å². The van der Waals surface area contributed by atoms with E-state index in [-0.39, 0.29) is 24.1 Å². The van der Waals surface area contributed by atoms with Gasteiger partial charge in [0.05, 0.1) is 36.1 Å².